The van der Waals surface area contributed by atoms with Gasteiger partial charge in [-0.15, -0.1) is 0 Å². The highest BCUT2D eigenvalue weighted by molar-refractivity contribution is 5.55. The maximum absolute atomic E-state index is 6.01. The SMILES string of the molecule is CCCCc1cnc(-c2ccc(OCCCC3CCCCC3CCC)cc2)nc1. The van der Waals surface area contributed by atoms with Crippen LogP contribution in [0, 0.1) is 11.8 Å². The summed E-state index contributed by atoms with van der Waals surface area (Å²) in [5, 5.41) is 0. The first-order chi connectivity index (χ1) is 14.3. The van der Waals surface area contributed by atoms with E-state index in [0.29, 0.717) is 0 Å². The molecule has 1 aromatic heterocycles. The predicted molar refractivity (Wildman–Crippen MR) is 121 cm³/mol. The molecule has 0 aliphatic heterocycles. The number of hydrogen-bond acceptors (Lipinski definition) is 3. The Bertz CT molecular complexity index is 694. The van der Waals surface area contributed by atoms with Gasteiger partial charge in [-0.3, -0.25) is 0 Å². The molecule has 1 heterocycles. The molecule has 0 spiro atoms. The van der Waals surface area contributed by atoms with Crippen LogP contribution in [0.2, 0.25) is 0 Å². The molecule has 0 bridgehead atoms. The van der Waals surface area contributed by atoms with E-state index in [-0.39, 0.29) is 0 Å². The van der Waals surface area contributed by atoms with Crippen molar-refractivity contribution < 1.29 is 4.74 Å². The van der Waals surface area contributed by atoms with E-state index in [2.05, 4.69) is 35.9 Å². The topological polar surface area (TPSA) is 35.0 Å². The lowest BCUT2D eigenvalue weighted by Gasteiger charge is -2.31. The van der Waals surface area contributed by atoms with Crippen LogP contribution in [0.5, 0.6) is 5.75 Å². The van der Waals surface area contributed by atoms with E-state index < -0.39 is 0 Å². The van der Waals surface area contributed by atoms with Gasteiger partial charge in [0.2, 0.25) is 0 Å². The summed E-state index contributed by atoms with van der Waals surface area (Å²) in [5.41, 5.74) is 2.26. The second-order valence-corrected chi connectivity index (χ2v) is 8.63. The molecule has 2 unspecified atom stereocenters. The van der Waals surface area contributed by atoms with Crippen molar-refractivity contribution in [2.45, 2.75) is 84.5 Å². The number of benzene rings is 1. The fraction of sp³-hybridized carbons (Fsp3) is 0.615. The molecule has 158 valence electrons. The average molecular weight is 395 g/mol. The van der Waals surface area contributed by atoms with Crippen LogP contribution in [0.1, 0.15) is 83.6 Å². The molecule has 2 atom stereocenters. The smallest absolute Gasteiger partial charge is 0.159 e. The number of aryl methyl sites for hydroxylation is 1. The fourth-order valence-electron chi connectivity index (χ4n) is 4.66. The van der Waals surface area contributed by atoms with E-state index >= 15 is 0 Å². The Hall–Kier alpha value is -1.90. The van der Waals surface area contributed by atoms with E-state index in [9.17, 15) is 0 Å². The van der Waals surface area contributed by atoms with Gasteiger partial charge in [0.1, 0.15) is 5.75 Å². The zero-order valence-electron chi connectivity index (χ0n) is 18.4. The van der Waals surface area contributed by atoms with Crippen molar-refractivity contribution in [3.63, 3.8) is 0 Å². The van der Waals surface area contributed by atoms with Gasteiger partial charge in [0.05, 0.1) is 6.61 Å². The maximum atomic E-state index is 6.01. The third-order valence-electron chi connectivity index (χ3n) is 6.35. The molecule has 1 aliphatic carbocycles. The molecule has 2 aromatic rings. The summed E-state index contributed by atoms with van der Waals surface area (Å²) in [6.07, 6.45) is 18.3. The standard InChI is InChI=1S/C26H38N2O/c1-3-5-10-21-19-27-26(28-20-21)24-14-16-25(17-15-24)29-18-8-13-23-12-7-6-11-22(23)9-4-2/h14-17,19-20,22-23H,3-13,18H2,1-2H3. The molecule has 0 saturated heterocycles. The number of ether oxygens (including phenoxy) is 1. The van der Waals surface area contributed by atoms with Gasteiger partial charge in [-0.05, 0) is 67.3 Å². The molecule has 3 nitrogen and oxygen atoms in total. The summed E-state index contributed by atoms with van der Waals surface area (Å²) in [7, 11) is 0. The number of aromatic nitrogens is 2. The number of unbranched alkanes of at least 4 members (excludes halogenated alkanes) is 1. The molecular formula is C26H38N2O. The average Bonchev–Trinajstić information content (AvgIpc) is 2.77. The summed E-state index contributed by atoms with van der Waals surface area (Å²) in [4.78, 5) is 9.06. The Balaban J connectivity index is 1.43. The molecule has 0 radical (unpaired) electrons. The van der Waals surface area contributed by atoms with Crippen LogP contribution in [0.3, 0.4) is 0 Å². The van der Waals surface area contributed by atoms with Crippen LogP contribution >= 0.6 is 0 Å². The third kappa shape index (κ3) is 6.83. The van der Waals surface area contributed by atoms with E-state index in [1.807, 2.05) is 24.5 Å². The number of rotatable bonds is 11. The quantitative estimate of drug-likeness (QED) is 0.376. The van der Waals surface area contributed by atoms with Crippen molar-refractivity contribution in [2.75, 3.05) is 6.61 Å². The highest BCUT2D eigenvalue weighted by atomic mass is 16.5. The Kier molecular flexibility index (Phi) is 8.98. The van der Waals surface area contributed by atoms with Gasteiger partial charge in [-0.1, -0.05) is 58.8 Å². The number of hydrogen-bond donors (Lipinski definition) is 0. The van der Waals surface area contributed by atoms with Crippen LogP contribution in [-0.4, -0.2) is 16.6 Å². The summed E-state index contributed by atoms with van der Waals surface area (Å²) < 4.78 is 6.01. The van der Waals surface area contributed by atoms with Crippen LogP contribution in [-0.2, 0) is 6.42 Å². The normalized spacial score (nSPS) is 19.2. The summed E-state index contributed by atoms with van der Waals surface area (Å²) >= 11 is 0. The van der Waals surface area contributed by atoms with Crippen molar-refractivity contribution >= 4 is 0 Å². The molecular weight excluding hydrogens is 356 g/mol. The monoisotopic (exact) mass is 394 g/mol. The van der Waals surface area contributed by atoms with E-state index in [1.165, 1.54) is 63.4 Å². The highest BCUT2D eigenvalue weighted by Gasteiger charge is 2.23. The van der Waals surface area contributed by atoms with Crippen molar-refractivity contribution in [1.29, 1.82) is 0 Å². The van der Waals surface area contributed by atoms with Crippen molar-refractivity contribution in [3.8, 4) is 17.1 Å². The second-order valence-electron chi connectivity index (χ2n) is 8.63. The fourth-order valence-corrected chi connectivity index (χ4v) is 4.66. The van der Waals surface area contributed by atoms with Crippen LogP contribution in [0.4, 0.5) is 0 Å². The Labute approximate surface area is 177 Å². The minimum Gasteiger partial charge on any atom is -0.494 e. The molecule has 3 heteroatoms. The van der Waals surface area contributed by atoms with Crippen molar-refractivity contribution in [2.24, 2.45) is 11.8 Å². The molecule has 1 aromatic carbocycles. The van der Waals surface area contributed by atoms with Gasteiger partial charge >= 0.3 is 0 Å². The number of nitrogens with zero attached hydrogens (tertiary/aromatic N) is 2. The van der Waals surface area contributed by atoms with E-state index in [1.54, 1.807) is 0 Å². The van der Waals surface area contributed by atoms with Crippen LogP contribution < -0.4 is 4.74 Å². The van der Waals surface area contributed by atoms with Gasteiger partial charge in [0.25, 0.3) is 0 Å². The van der Waals surface area contributed by atoms with Gasteiger partial charge in [-0.25, -0.2) is 9.97 Å². The van der Waals surface area contributed by atoms with Crippen molar-refractivity contribution in [3.05, 3.63) is 42.2 Å². The first kappa shape index (κ1) is 21.8. The molecule has 1 aliphatic rings. The summed E-state index contributed by atoms with van der Waals surface area (Å²) in [6.45, 7) is 5.35. The molecule has 29 heavy (non-hydrogen) atoms. The van der Waals surface area contributed by atoms with E-state index in [0.717, 1.165) is 48.4 Å². The van der Waals surface area contributed by atoms with Gasteiger partial charge in [0, 0.05) is 18.0 Å². The first-order valence-electron chi connectivity index (χ1n) is 11.8. The van der Waals surface area contributed by atoms with E-state index in [4.69, 9.17) is 4.74 Å². The zero-order valence-corrected chi connectivity index (χ0v) is 18.4. The lowest BCUT2D eigenvalue weighted by Crippen LogP contribution is -2.20. The lowest BCUT2D eigenvalue weighted by atomic mass is 9.75. The molecule has 1 saturated carbocycles. The first-order valence-corrected chi connectivity index (χ1v) is 11.8. The Morgan fingerprint density at radius 1 is 0.862 bits per heavy atom. The zero-order chi connectivity index (χ0) is 20.3. The van der Waals surface area contributed by atoms with Crippen LogP contribution in [0.25, 0.3) is 11.4 Å². The molecule has 0 N–H and O–H groups in total. The highest BCUT2D eigenvalue weighted by Crippen LogP contribution is 2.36. The van der Waals surface area contributed by atoms with Crippen molar-refractivity contribution in [1.82, 2.24) is 9.97 Å². The van der Waals surface area contributed by atoms with Crippen LogP contribution in [0.15, 0.2) is 36.7 Å². The largest absolute Gasteiger partial charge is 0.494 e. The summed E-state index contributed by atoms with van der Waals surface area (Å²) in [6, 6.07) is 8.22. The third-order valence-corrected chi connectivity index (χ3v) is 6.35. The minimum atomic E-state index is 0.788. The van der Waals surface area contributed by atoms with Gasteiger partial charge in [-0.2, -0.15) is 0 Å². The predicted octanol–water partition coefficient (Wildman–Crippen LogP) is 7.25. The maximum Gasteiger partial charge on any atom is 0.159 e. The van der Waals surface area contributed by atoms with Gasteiger partial charge < -0.3 is 4.74 Å². The minimum absolute atomic E-state index is 0.788. The lowest BCUT2D eigenvalue weighted by molar-refractivity contribution is 0.193. The molecule has 0 amide bonds. The molecule has 3 rings (SSSR count). The second kappa shape index (κ2) is 11.9. The molecule has 1 fully saturated rings. The van der Waals surface area contributed by atoms with Gasteiger partial charge in [0.15, 0.2) is 5.82 Å². The summed E-state index contributed by atoms with van der Waals surface area (Å²) in [5.74, 6) is 3.62. The Morgan fingerprint density at radius 3 is 2.21 bits per heavy atom. The Morgan fingerprint density at radius 2 is 1.55 bits per heavy atom.